The van der Waals surface area contributed by atoms with E-state index in [1.165, 1.54) is 17.0 Å². The number of nitrogens with two attached hydrogens (primary N) is 1. The van der Waals surface area contributed by atoms with E-state index < -0.39 is 74.2 Å². The van der Waals surface area contributed by atoms with Crippen molar-refractivity contribution in [2.45, 2.75) is 124 Å². The zero-order valence-corrected chi connectivity index (χ0v) is 38.3. The topological polar surface area (TPSA) is 209 Å². The van der Waals surface area contributed by atoms with Gasteiger partial charge >= 0.3 is 5.97 Å². The summed E-state index contributed by atoms with van der Waals surface area (Å²) in [6.07, 6.45) is 5.16. The summed E-state index contributed by atoms with van der Waals surface area (Å²) in [5.41, 5.74) is 13.2. The highest BCUT2D eigenvalue weighted by Gasteiger charge is 2.42. The van der Waals surface area contributed by atoms with Crippen LogP contribution in [-0.4, -0.2) is 95.1 Å². The second-order valence-electron chi connectivity index (χ2n) is 18.4. The number of aliphatic hydroxyl groups is 1. The summed E-state index contributed by atoms with van der Waals surface area (Å²) in [6.45, 7) is 16.0. The van der Waals surface area contributed by atoms with Crippen LogP contribution in [0.2, 0.25) is 13.1 Å². The molecule has 0 aromatic heterocycles. The number of amides is 4. The van der Waals surface area contributed by atoms with Crippen molar-refractivity contribution in [1.29, 1.82) is 0 Å². The van der Waals surface area contributed by atoms with Crippen LogP contribution in [0.3, 0.4) is 0 Å². The van der Waals surface area contributed by atoms with Gasteiger partial charge in [-0.1, -0.05) is 77.2 Å². The van der Waals surface area contributed by atoms with Crippen molar-refractivity contribution in [3.63, 3.8) is 0 Å². The molecule has 6 N–H and O–H groups in total. The molecule has 332 valence electrons. The monoisotopic (exact) mass is 865 g/mol. The number of hydrogen-bond acceptors (Lipinski definition) is 8. The van der Waals surface area contributed by atoms with Crippen molar-refractivity contribution in [3.8, 4) is 0 Å². The van der Waals surface area contributed by atoms with Gasteiger partial charge in [-0.15, -0.1) is 0 Å². The summed E-state index contributed by atoms with van der Waals surface area (Å²) >= 11 is 0. The van der Waals surface area contributed by atoms with Crippen molar-refractivity contribution < 1.29 is 39.0 Å². The Morgan fingerprint density at radius 2 is 1.61 bits per heavy atom. The lowest BCUT2D eigenvalue weighted by Gasteiger charge is -2.38. The first-order chi connectivity index (χ1) is 29.2. The maximum Gasteiger partial charge on any atom is 0.303 e. The number of carbonyl (C=O) groups excluding carboxylic acids is 5. The standard InChI is InChI=1S/C48H63N5O8Si/c1-27(2)22-31(24-39(55)37(23-28(3)4)51-47(60)38-14-11-21-53(38)48(61)45(30(6)54)52-42(56)19-20-43(57)58)46(59)50-33-16-18-36-41(26-33)62(7,8)40-25-32(49)15-17-35(40)44(36)34-13-10-9-12-29(34)5/h9-10,12-13,15-18,25-28,30-31,37-38,45,54H,11,14,19-24,49H2,1-8H3,(H,51,60)(H,52,56)(H,57,58)/t30?,31-,37+,38+,45+/m1/s1. The van der Waals surface area contributed by atoms with Crippen LogP contribution in [0.4, 0.5) is 5.69 Å². The number of fused-ring (bicyclic) bond motifs is 2. The molecule has 0 spiro atoms. The predicted molar refractivity (Wildman–Crippen MR) is 244 cm³/mol. The third kappa shape index (κ3) is 11.1. The first-order valence-electron chi connectivity index (χ1n) is 21.8. The maximum atomic E-state index is 14.2. The fourth-order valence-corrected chi connectivity index (χ4v) is 11.9. The van der Waals surface area contributed by atoms with Gasteiger partial charge in [-0.25, -0.2) is 4.99 Å². The fourth-order valence-electron chi connectivity index (χ4n) is 8.86. The molecular formula is C48H63N5O8Si. The van der Waals surface area contributed by atoms with Crippen molar-refractivity contribution >= 4 is 65.6 Å². The van der Waals surface area contributed by atoms with Crippen LogP contribution in [0.25, 0.3) is 5.57 Å². The number of nitrogens with one attached hydrogen (secondary N) is 2. The van der Waals surface area contributed by atoms with Gasteiger partial charge in [0.05, 0.1) is 24.3 Å². The molecule has 4 amide bonds. The van der Waals surface area contributed by atoms with Gasteiger partial charge < -0.3 is 31.5 Å². The molecule has 14 heteroatoms. The van der Waals surface area contributed by atoms with Gasteiger partial charge in [0, 0.05) is 31.0 Å². The number of rotatable bonds is 17. The average Bonchev–Trinajstić information content (AvgIpc) is 3.70. The van der Waals surface area contributed by atoms with E-state index in [9.17, 15) is 33.9 Å². The zero-order valence-electron chi connectivity index (χ0n) is 37.3. The molecule has 0 bridgehead atoms. The highest BCUT2D eigenvalue weighted by atomic mass is 28.3. The Labute approximate surface area is 366 Å². The molecule has 1 unspecified atom stereocenters. The summed E-state index contributed by atoms with van der Waals surface area (Å²) in [5, 5.41) is 27.0. The minimum absolute atomic E-state index is 0.000000764. The Morgan fingerprint density at radius 3 is 2.26 bits per heavy atom. The lowest BCUT2D eigenvalue weighted by Crippen LogP contribution is -2.58. The van der Waals surface area contributed by atoms with Crippen LogP contribution < -0.4 is 21.6 Å². The average molecular weight is 866 g/mol. The Hall–Kier alpha value is -5.47. The lowest BCUT2D eigenvalue weighted by molar-refractivity contribution is -0.144. The number of aliphatic carboxylic acids is 1. The second kappa shape index (κ2) is 20.1. The molecule has 2 aromatic carbocycles. The van der Waals surface area contributed by atoms with Crippen LogP contribution in [0.5, 0.6) is 0 Å². The molecule has 2 aliphatic heterocycles. The van der Waals surface area contributed by atoms with E-state index in [0.717, 1.165) is 33.0 Å². The van der Waals surface area contributed by atoms with E-state index in [-0.39, 0.29) is 37.0 Å². The largest absolute Gasteiger partial charge is 0.481 e. The van der Waals surface area contributed by atoms with Crippen LogP contribution in [0.15, 0.2) is 76.5 Å². The number of allylic oxidation sites excluding steroid dienone is 5. The molecule has 5 atom stereocenters. The lowest BCUT2D eigenvalue weighted by atomic mass is 9.87. The molecule has 1 fully saturated rings. The number of aryl methyl sites for hydroxylation is 1. The quantitative estimate of drug-likeness (QED) is 0.105. The summed E-state index contributed by atoms with van der Waals surface area (Å²) in [4.78, 5) is 85.4. The van der Waals surface area contributed by atoms with Crippen molar-refractivity contribution in [2.24, 2.45) is 22.7 Å². The summed E-state index contributed by atoms with van der Waals surface area (Å²) in [5.74, 6) is -4.51. The second-order valence-corrected chi connectivity index (χ2v) is 22.7. The predicted octanol–water partition coefficient (Wildman–Crippen LogP) is 5.18. The molecule has 0 saturated carbocycles. The van der Waals surface area contributed by atoms with E-state index in [2.05, 4.69) is 66.0 Å². The number of carbonyl (C=O) groups is 6. The summed E-state index contributed by atoms with van der Waals surface area (Å²) in [6, 6.07) is 11.1. The number of Topliss-reactive ketones (excluding diaryl/α,β-unsaturated/α-hetero) is 1. The van der Waals surface area contributed by atoms with Gasteiger partial charge in [-0.05, 0) is 114 Å². The Balaban J connectivity index is 1.38. The molecule has 2 aromatic rings. The number of carboxylic acids is 1. The number of benzene rings is 2. The van der Waals surface area contributed by atoms with Crippen molar-refractivity contribution in [1.82, 2.24) is 15.5 Å². The molecule has 0 radical (unpaired) electrons. The normalized spacial score (nSPS) is 19.3. The summed E-state index contributed by atoms with van der Waals surface area (Å²) in [7, 11) is -2.36. The fraction of sp³-hybridized carbons (Fsp3) is 0.479. The third-order valence-corrected chi connectivity index (χ3v) is 15.5. The van der Waals surface area contributed by atoms with Crippen molar-refractivity contribution in [3.05, 3.63) is 88.2 Å². The van der Waals surface area contributed by atoms with E-state index in [4.69, 9.17) is 10.8 Å². The van der Waals surface area contributed by atoms with E-state index >= 15 is 0 Å². The number of ketones is 1. The van der Waals surface area contributed by atoms with E-state index in [1.54, 1.807) is 0 Å². The molecule has 62 heavy (non-hydrogen) atoms. The molecule has 3 aliphatic rings. The number of carboxylic acid groups (broad SMARTS) is 1. The van der Waals surface area contributed by atoms with Crippen LogP contribution >= 0.6 is 0 Å². The zero-order chi connectivity index (χ0) is 45.6. The van der Waals surface area contributed by atoms with Gasteiger partial charge in [0.1, 0.15) is 20.2 Å². The summed E-state index contributed by atoms with van der Waals surface area (Å²) < 4.78 is 0. The number of aliphatic hydroxyl groups excluding tert-OH is 1. The van der Waals surface area contributed by atoms with Crippen LogP contribution in [0.1, 0.15) is 96.3 Å². The molecule has 1 aliphatic carbocycles. The molecule has 1 saturated heterocycles. The minimum atomic E-state index is -2.36. The molecule has 5 rings (SSSR count). The molecule has 2 heterocycles. The van der Waals surface area contributed by atoms with Gasteiger partial charge in [0.15, 0.2) is 5.78 Å². The number of aliphatic imine (C=N–C) groups is 1. The van der Waals surface area contributed by atoms with Crippen LogP contribution in [0, 0.1) is 24.7 Å². The number of likely N-dealkylation sites (tertiary alicyclic amines) is 1. The maximum absolute atomic E-state index is 14.2. The minimum Gasteiger partial charge on any atom is -0.481 e. The SMILES string of the molecule is Cc1ccccc1C1=C2C=CC(=NC(=O)[C@@H](CC(=O)[C@H](CC(C)C)NC(=O)[C@@H]3CCCN3C(=O)[C@@H](NC(=O)CCC(=O)O)C(C)O)CC(C)C)C=C2[Si](C)(C)c2cc(N)ccc21. The first kappa shape index (κ1) is 47.6. The number of nitrogen functional groups attached to an aromatic ring is 1. The van der Waals surface area contributed by atoms with Crippen LogP contribution in [-0.2, 0) is 28.8 Å². The van der Waals surface area contributed by atoms with E-state index in [1.807, 2.05) is 58.0 Å². The van der Waals surface area contributed by atoms with Crippen molar-refractivity contribution in [2.75, 3.05) is 12.3 Å². The van der Waals surface area contributed by atoms with Gasteiger partial charge in [0.25, 0.3) is 0 Å². The number of nitrogens with zero attached hydrogens (tertiary/aromatic N) is 2. The number of anilines is 1. The highest BCUT2D eigenvalue weighted by Crippen LogP contribution is 2.42. The first-order valence-corrected chi connectivity index (χ1v) is 24.8. The highest BCUT2D eigenvalue weighted by molar-refractivity contribution is 6.98. The van der Waals surface area contributed by atoms with Gasteiger partial charge in [-0.3, -0.25) is 28.8 Å². The number of hydrogen-bond donors (Lipinski definition) is 5. The van der Waals surface area contributed by atoms with Gasteiger partial charge in [0.2, 0.25) is 23.6 Å². The van der Waals surface area contributed by atoms with E-state index in [0.29, 0.717) is 37.1 Å². The Bertz CT molecular complexity index is 2220. The van der Waals surface area contributed by atoms with Gasteiger partial charge in [-0.2, -0.15) is 0 Å². The molecule has 13 nitrogen and oxygen atoms in total. The third-order valence-electron chi connectivity index (χ3n) is 12.0. The Kier molecular flexibility index (Phi) is 15.5. The smallest absolute Gasteiger partial charge is 0.303 e. The Morgan fingerprint density at radius 1 is 0.919 bits per heavy atom. The molecular weight excluding hydrogens is 803 g/mol.